The molecule has 0 amide bonds. The zero-order chi connectivity index (χ0) is 2.00. The second-order valence-electron chi connectivity index (χ2n) is 0. The third kappa shape index (κ3) is 9.58. The van der Waals surface area contributed by atoms with Crippen LogP contribution in [0.1, 0.15) is 0 Å². The first-order valence-electron chi connectivity index (χ1n) is 0.167. The standard InChI is InChI=1S/Ge.Na.OS/c;;1-2. The van der Waals surface area contributed by atoms with Gasteiger partial charge in [0.05, 0.1) is 0 Å². The normalized spacial score (nSPS) is 1.00. The molecule has 0 bridgehead atoms. The third-order valence-corrected chi connectivity index (χ3v) is 0. The van der Waals surface area contributed by atoms with Crippen molar-refractivity contribution in [3.05, 3.63) is 0 Å². The van der Waals surface area contributed by atoms with E-state index in [9.17, 15) is 0 Å². The molecule has 0 rings (SSSR count). The van der Waals surface area contributed by atoms with E-state index in [1.165, 1.54) is 0 Å². The van der Waals surface area contributed by atoms with E-state index in [1.807, 2.05) is 0 Å². The molecule has 0 aliphatic carbocycles. The maximum Gasteiger partial charge on any atom is 0.197 e. The van der Waals surface area contributed by atoms with Crippen LogP contribution in [-0.2, 0) is 12.5 Å². The van der Waals surface area contributed by atoms with Gasteiger partial charge in [0.2, 0.25) is 0 Å². The second kappa shape index (κ2) is 23.7. The first-order chi connectivity index (χ1) is 1.00. The predicted octanol–water partition coefficient (Wildman–Crippen LogP) is -1.10. The molecule has 0 aliphatic rings. The Balaban J connectivity index is -0.00000000500. The van der Waals surface area contributed by atoms with Crippen molar-refractivity contribution >= 4 is 59.7 Å². The summed E-state index contributed by atoms with van der Waals surface area (Å²) >= 11 is 2.83. The Morgan fingerprint density at radius 3 is 1.25 bits per heavy atom. The first kappa shape index (κ1) is 17.6. The molecule has 0 aromatic heterocycles. The first-order valence-corrected chi connectivity index (χ1v) is 0.500. The average Bonchev–Trinajstić information content (AvgIpc) is 1.00. The Morgan fingerprint density at radius 1 is 1.25 bits per heavy atom. The van der Waals surface area contributed by atoms with Gasteiger partial charge in [0.15, 0.2) is 12.5 Å². The van der Waals surface area contributed by atoms with Crippen molar-refractivity contribution in [1.29, 1.82) is 0 Å². The molecule has 0 aliphatic heterocycles. The van der Waals surface area contributed by atoms with Crippen LogP contribution >= 0.6 is 0 Å². The Hall–Kier alpha value is 1.56. The minimum atomic E-state index is 0. The summed E-state index contributed by atoms with van der Waals surface area (Å²) in [5.41, 5.74) is 0. The van der Waals surface area contributed by atoms with Gasteiger partial charge in [0.25, 0.3) is 0 Å². The summed E-state index contributed by atoms with van der Waals surface area (Å²) in [7, 11) is 0. The Bertz CT molecular complexity index is 8.00. The zero-order valence-electron chi connectivity index (χ0n) is 2.32. The van der Waals surface area contributed by atoms with Crippen molar-refractivity contribution in [3.8, 4) is 0 Å². The molecule has 5 radical (unpaired) electrons. The molecule has 0 heterocycles. The minimum absolute atomic E-state index is 0. The molecule has 1 nitrogen and oxygen atoms in total. The number of hydrogen-bond donors (Lipinski definition) is 0. The molecular formula is GeNaOS. The largest absolute Gasteiger partial charge is 0.197 e. The van der Waals surface area contributed by atoms with Crippen LogP contribution in [-0.4, -0.2) is 51.4 Å². The summed E-state index contributed by atoms with van der Waals surface area (Å²) in [6.45, 7) is 0. The van der Waals surface area contributed by atoms with E-state index in [1.54, 1.807) is 0 Å². The van der Waals surface area contributed by atoms with E-state index in [0.29, 0.717) is 0 Å². The topological polar surface area (TPSA) is 17.1 Å². The monoisotopic (exact) mass is 145 g/mol. The molecule has 0 fully saturated rings. The van der Waals surface area contributed by atoms with Gasteiger partial charge in [0, 0.05) is 47.2 Å². The second-order valence-corrected chi connectivity index (χ2v) is 0. The van der Waals surface area contributed by atoms with Crippen molar-refractivity contribution in [3.63, 3.8) is 0 Å². The quantitative estimate of drug-likeness (QED) is 0.401. The summed E-state index contributed by atoms with van der Waals surface area (Å²) < 4.78 is 7.83. The summed E-state index contributed by atoms with van der Waals surface area (Å²) in [6, 6.07) is 0. The van der Waals surface area contributed by atoms with Crippen molar-refractivity contribution < 1.29 is 4.21 Å². The van der Waals surface area contributed by atoms with E-state index < -0.39 is 0 Å². The fraction of sp³-hybridized carbons (Fsp3) is 0. The Kier molecular flexibility index (Phi) is 105. The van der Waals surface area contributed by atoms with Gasteiger partial charge in [-0.15, -0.1) is 0 Å². The van der Waals surface area contributed by atoms with Gasteiger partial charge >= 0.3 is 0 Å². The van der Waals surface area contributed by atoms with Gasteiger partial charge in [-0.1, -0.05) is 0 Å². The molecule has 4 heteroatoms. The number of rotatable bonds is 0. The molecule has 0 atom stereocenters. The van der Waals surface area contributed by atoms with E-state index in [-0.39, 0.29) is 47.2 Å². The fourth-order valence-electron chi connectivity index (χ4n) is 0. The molecule has 0 aromatic carbocycles. The Labute approximate surface area is 63.3 Å². The average molecular weight is 144 g/mol. The summed E-state index contributed by atoms with van der Waals surface area (Å²) in [5, 5.41) is 0. The maximum absolute atomic E-state index is 7.83. The van der Waals surface area contributed by atoms with Crippen LogP contribution in [0.4, 0.5) is 0 Å². The van der Waals surface area contributed by atoms with Crippen LogP contribution in [0.15, 0.2) is 0 Å². The SMILES string of the molecule is O=S.[Ge].[Na]. The van der Waals surface area contributed by atoms with Gasteiger partial charge in [-0.3, -0.25) is 0 Å². The maximum atomic E-state index is 7.83. The van der Waals surface area contributed by atoms with E-state index in [4.69, 9.17) is 4.21 Å². The van der Waals surface area contributed by atoms with Crippen LogP contribution in [0, 0.1) is 0 Å². The van der Waals surface area contributed by atoms with Gasteiger partial charge < -0.3 is 0 Å². The van der Waals surface area contributed by atoms with E-state index >= 15 is 0 Å². The molecule has 0 aromatic rings. The summed E-state index contributed by atoms with van der Waals surface area (Å²) in [4.78, 5) is 0. The van der Waals surface area contributed by atoms with Crippen LogP contribution in [0.2, 0.25) is 0 Å². The van der Waals surface area contributed by atoms with Gasteiger partial charge in [-0.2, -0.15) is 4.21 Å². The molecule has 0 N–H and O–H groups in total. The molecule has 0 unspecified atom stereocenters. The third-order valence-electron chi connectivity index (χ3n) is 0. The molecule has 0 saturated heterocycles. The van der Waals surface area contributed by atoms with Crippen LogP contribution in [0.25, 0.3) is 0 Å². The van der Waals surface area contributed by atoms with Crippen LogP contribution < -0.4 is 0 Å². The number of hydrogen-bond acceptors (Lipinski definition) is 2. The molecule has 0 spiro atoms. The van der Waals surface area contributed by atoms with E-state index in [0.717, 1.165) is 0 Å². The predicted molar refractivity (Wildman–Crippen MR) is 19.7 cm³/mol. The van der Waals surface area contributed by atoms with Crippen LogP contribution in [0.5, 0.6) is 0 Å². The zero-order valence-corrected chi connectivity index (χ0v) is 7.23. The van der Waals surface area contributed by atoms with E-state index in [2.05, 4.69) is 12.5 Å². The fourth-order valence-corrected chi connectivity index (χ4v) is 0. The summed E-state index contributed by atoms with van der Waals surface area (Å²) in [6.07, 6.45) is 0. The van der Waals surface area contributed by atoms with Crippen molar-refractivity contribution in [2.24, 2.45) is 0 Å². The Morgan fingerprint density at radius 2 is 1.25 bits per heavy atom. The van der Waals surface area contributed by atoms with Gasteiger partial charge in [-0.05, 0) is 0 Å². The van der Waals surface area contributed by atoms with Crippen molar-refractivity contribution in [1.82, 2.24) is 0 Å². The molecule has 17 valence electrons. The smallest absolute Gasteiger partial charge is 0.197 e. The minimum Gasteiger partial charge on any atom is -0.197 e. The van der Waals surface area contributed by atoms with Crippen LogP contribution in [0.3, 0.4) is 0 Å². The van der Waals surface area contributed by atoms with Crippen molar-refractivity contribution in [2.45, 2.75) is 0 Å². The van der Waals surface area contributed by atoms with Gasteiger partial charge in [0.1, 0.15) is 0 Å². The van der Waals surface area contributed by atoms with Gasteiger partial charge in [-0.25, -0.2) is 0 Å². The molecular weight excluding hydrogens is 144 g/mol. The summed E-state index contributed by atoms with van der Waals surface area (Å²) in [5.74, 6) is 0. The molecule has 4 heavy (non-hydrogen) atoms. The van der Waals surface area contributed by atoms with Crippen molar-refractivity contribution in [2.75, 3.05) is 0 Å². The molecule has 0 saturated carbocycles.